The minimum Gasteiger partial charge on any atom is -0.455 e. The lowest BCUT2D eigenvalue weighted by Gasteiger charge is -2.21. The average molecular weight is 433 g/mol. The molecule has 0 saturated carbocycles. The van der Waals surface area contributed by atoms with Crippen LogP contribution in [-0.2, 0) is 16.6 Å². The Morgan fingerprint density at radius 3 is 2.40 bits per heavy atom. The second-order valence-electron chi connectivity index (χ2n) is 7.73. The van der Waals surface area contributed by atoms with Crippen LogP contribution in [0.4, 0.5) is 0 Å². The minimum atomic E-state index is -1.19. The Bertz CT molecular complexity index is 795. The van der Waals surface area contributed by atoms with E-state index < -0.39 is 10.8 Å². The summed E-state index contributed by atoms with van der Waals surface area (Å²) in [5.41, 5.74) is 1.07. The highest BCUT2D eigenvalue weighted by atomic mass is 32.2. The molecule has 1 aromatic heterocycles. The van der Waals surface area contributed by atoms with Crippen molar-refractivity contribution in [1.29, 1.82) is 0 Å². The van der Waals surface area contributed by atoms with Crippen LogP contribution >= 0.6 is 0 Å². The molecule has 0 aliphatic rings. The van der Waals surface area contributed by atoms with E-state index in [0.717, 1.165) is 36.5 Å². The minimum absolute atomic E-state index is 0.212. The van der Waals surface area contributed by atoms with Crippen LogP contribution in [0.15, 0.2) is 45.7 Å². The van der Waals surface area contributed by atoms with E-state index in [1.54, 1.807) is 12.1 Å². The molecule has 0 radical (unpaired) electrons. The predicted molar refractivity (Wildman–Crippen MR) is 123 cm³/mol. The first kappa shape index (κ1) is 24.4. The zero-order valence-corrected chi connectivity index (χ0v) is 19.4. The van der Waals surface area contributed by atoms with Crippen molar-refractivity contribution in [3.8, 4) is 0 Å². The van der Waals surface area contributed by atoms with Gasteiger partial charge in [-0.05, 0) is 75.6 Å². The molecule has 1 atom stereocenters. The average Bonchev–Trinajstić information content (AvgIpc) is 3.21. The van der Waals surface area contributed by atoms with Crippen LogP contribution in [0.3, 0.4) is 0 Å². The second kappa shape index (κ2) is 13.4. The number of furan rings is 1. The summed E-state index contributed by atoms with van der Waals surface area (Å²) < 4.78 is 18.2. The maximum atomic E-state index is 12.5. The molecule has 2 aromatic rings. The van der Waals surface area contributed by atoms with Crippen molar-refractivity contribution in [3.63, 3.8) is 0 Å². The molecule has 1 aromatic carbocycles. The van der Waals surface area contributed by atoms with Crippen molar-refractivity contribution < 1.29 is 13.4 Å². The number of benzene rings is 1. The normalized spacial score (nSPS) is 12.3. The number of nitrogens with one attached hydrogen (secondary N) is 1. The van der Waals surface area contributed by atoms with Gasteiger partial charge in [-0.1, -0.05) is 38.8 Å². The number of nitrogens with zero attached hydrogens (tertiary/aromatic N) is 1. The Kier molecular flexibility index (Phi) is 10.9. The van der Waals surface area contributed by atoms with Crippen LogP contribution in [0.1, 0.15) is 67.8 Å². The van der Waals surface area contributed by atoms with Crippen LogP contribution < -0.4 is 5.32 Å². The molecule has 6 heteroatoms. The Balaban J connectivity index is 1.77. The molecule has 0 bridgehead atoms. The standard InChI is InChI=1S/C24H36N2O3S/c1-4-6-15-26(16-7-5-2)17-9-14-25-24(27)23-13-12-21(29-23)19-30(28)22-11-8-10-20(3)18-22/h8,10-13,18H,4-7,9,14-17,19H2,1-3H3,(H,25,27)/t30-/m1/s1. The lowest BCUT2D eigenvalue weighted by molar-refractivity contribution is 0.0922. The van der Waals surface area contributed by atoms with E-state index >= 15 is 0 Å². The highest BCUT2D eigenvalue weighted by Gasteiger charge is 2.14. The van der Waals surface area contributed by atoms with Gasteiger partial charge in [0.05, 0.1) is 16.6 Å². The Labute approximate surface area is 183 Å². The highest BCUT2D eigenvalue weighted by molar-refractivity contribution is 7.84. The van der Waals surface area contributed by atoms with Crippen LogP contribution in [0.2, 0.25) is 0 Å². The molecular formula is C24H36N2O3S. The third-order valence-corrected chi connectivity index (χ3v) is 6.33. The third-order valence-electron chi connectivity index (χ3n) is 5.00. The number of hydrogen-bond acceptors (Lipinski definition) is 4. The summed E-state index contributed by atoms with van der Waals surface area (Å²) in [4.78, 5) is 15.6. The highest BCUT2D eigenvalue weighted by Crippen LogP contribution is 2.16. The van der Waals surface area contributed by atoms with Crippen molar-refractivity contribution in [2.45, 2.75) is 63.5 Å². The first-order valence-corrected chi connectivity index (χ1v) is 12.4. The Hall–Kier alpha value is -1.92. The van der Waals surface area contributed by atoms with E-state index in [0.29, 0.717) is 12.3 Å². The molecule has 2 rings (SSSR count). The van der Waals surface area contributed by atoms with Gasteiger partial charge in [-0.25, -0.2) is 0 Å². The van der Waals surface area contributed by atoms with Gasteiger partial charge in [-0.15, -0.1) is 0 Å². The molecule has 0 saturated heterocycles. The van der Waals surface area contributed by atoms with Gasteiger partial charge in [-0.2, -0.15) is 0 Å². The number of hydrogen-bond donors (Lipinski definition) is 1. The zero-order chi connectivity index (χ0) is 21.8. The predicted octanol–water partition coefficient (Wildman–Crippen LogP) is 4.92. The lowest BCUT2D eigenvalue weighted by atomic mass is 10.2. The van der Waals surface area contributed by atoms with Gasteiger partial charge in [0.1, 0.15) is 5.76 Å². The van der Waals surface area contributed by atoms with Crippen LogP contribution in [-0.4, -0.2) is 41.2 Å². The van der Waals surface area contributed by atoms with Gasteiger partial charge in [0.15, 0.2) is 5.76 Å². The fourth-order valence-corrected chi connectivity index (χ4v) is 4.37. The van der Waals surface area contributed by atoms with Gasteiger partial charge in [0, 0.05) is 11.4 Å². The largest absolute Gasteiger partial charge is 0.455 e. The molecule has 0 aliphatic heterocycles. The number of rotatable bonds is 14. The maximum absolute atomic E-state index is 12.5. The number of unbranched alkanes of at least 4 members (excludes halogenated alkanes) is 2. The summed E-state index contributed by atoms with van der Waals surface area (Å²) >= 11 is 0. The van der Waals surface area contributed by atoms with Gasteiger partial charge < -0.3 is 14.6 Å². The Morgan fingerprint density at radius 2 is 1.73 bits per heavy atom. The lowest BCUT2D eigenvalue weighted by Crippen LogP contribution is -2.31. The molecule has 1 amide bonds. The van der Waals surface area contributed by atoms with E-state index in [1.165, 1.54) is 25.7 Å². The first-order valence-electron chi connectivity index (χ1n) is 11.1. The summed E-state index contributed by atoms with van der Waals surface area (Å²) in [6.07, 6.45) is 5.76. The number of aryl methyl sites for hydroxylation is 1. The molecule has 0 aliphatic carbocycles. The monoisotopic (exact) mass is 432 g/mol. The third kappa shape index (κ3) is 8.44. The number of amides is 1. The molecule has 30 heavy (non-hydrogen) atoms. The fourth-order valence-electron chi connectivity index (χ4n) is 3.24. The van der Waals surface area contributed by atoms with Crippen molar-refractivity contribution >= 4 is 16.7 Å². The summed E-state index contributed by atoms with van der Waals surface area (Å²) in [6.45, 7) is 10.3. The second-order valence-corrected chi connectivity index (χ2v) is 9.18. The number of carbonyl (C=O) groups is 1. The molecule has 0 fully saturated rings. The summed E-state index contributed by atoms with van der Waals surface area (Å²) in [5.74, 6) is 0.891. The van der Waals surface area contributed by atoms with E-state index in [-0.39, 0.29) is 17.4 Å². The molecule has 1 heterocycles. The quantitative estimate of drug-likeness (QED) is 0.431. The summed E-state index contributed by atoms with van der Waals surface area (Å²) in [6, 6.07) is 11.0. The molecule has 0 unspecified atom stereocenters. The molecule has 5 nitrogen and oxygen atoms in total. The van der Waals surface area contributed by atoms with Crippen LogP contribution in [0.5, 0.6) is 0 Å². The molecule has 1 N–H and O–H groups in total. The SMILES string of the molecule is CCCCN(CCCC)CCCNC(=O)c1ccc(C[S@@](=O)c2cccc(C)c2)o1. The van der Waals surface area contributed by atoms with Gasteiger partial charge in [0.2, 0.25) is 0 Å². The molecule has 166 valence electrons. The van der Waals surface area contributed by atoms with Crippen molar-refractivity contribution in [1.82, 2.24) is 10.2 Å². The molecular weight excluding hydrogens is 396 g/mol. The van der Waals surface area contributed by atoms with Gasteiger partial charge >= 0.3 is 0 Å². The number of carbonyl (C=O) groups excluding carboxylic acids is 1. The fraction of sp³-hybridized carbons (Fsp3) is 0.542. The maximum Gasteiger partial charge on any atom is 0.286 e. The van der Waals surface area contributed by atoms with Crippen molar-refractivity contribution in [2.24, 2.45) is 0 Å². The van der Waals surface area contributed by atoms with Crippen LogP contribution in [0, 0.1) is 6.92 Å². The van der Waals surface area contributed by atoms with E-state index in [1.807, 2.05) is 31.2 Å². The smallest absolute Gasteiger partial charge is 0.286 e. The summed E-state index contributed by atoms with van der Waals surface area (Å²) in [5, 5.41) is 2.94. The Morgan fingerprint density at radius 1 is 1.03 bits per heavy atom. The zero-order valence-electron chi connectivity index (χ0n) is 18.6. The van der Waals surface area contributed by atoms with E-state index in [4.69, 9.17) is 4.42 Å². The van der Waals surface area contributed by atoms with E-state index in [2.05, 4.69) is 24.1 Å². The molecule has 0 spiro atoms. The van der Waals surface area contributed by atoms with Crippen molar-refractivity contribution in [2.75, 3.05) is 26.2 Å². The summed E-state index contributed by atoms with van der Waals surface area (Å²) in [7, 11) is -1.19. The van der Waals surface area contributed by atoms with Gasteiger partial charge in [0.25, 0.3) is 5.91 Å². The van der Waals surface area contributed by atoms with Gasteiger partial charge in [-0.3, -0.25) is 9.00 Å². The van der Waals surface area contributed by atoms with Crippen LogP contribution in [0.25, 0.3) is 0 Å². The topological polar surface area (TPSA) is 62.6 Å². The van der Waals surface area contributed by atoms with E-state index in [9.17, 15) is 9.00 Å². The van der Waals surface area contributed by atoms with Crippen molar-refractivity contribution in [3.05, 3.63) is 53.5 Å². The first-order chi connectivity index (χ1) is 14.5.